The van der Waals surface area contributed by atoms with Crippen LogP contribution in [0.1, 0.15) is 0 Å². The second-order valence-corrected chi connectivity index (χ2v) is 0.610. The molecule has 8 heavy (non-hydrogen) atoms. The molecule has 0 amide bonds. The number of carboxylic acid groups (broad SMARTS) is 2. The van der Waals surface area contributed by atoms with E-state index in [4.69, 9.17) is 19.8 Å². The summed E-state index contributed by atoms with van der Waals surface area (Å²) in [4.78, 5) is 18.2. The fourth-order valence-corrected chi connectivity index (χ4v) is 0. The molecule has 0 fully saturated rings. The molecule has 0 aromatic rings. The third kappa shape index (κ3) is 9.69. The maximum atomic E-state index is 9.10. The molecule has 0 saturated heterocycles. The zero-order chi connectivity index (χ0) is 5.15. The van der Waals surface area contributed by atoms with E-state index >= 15 is 0 Å². The van der Waals surface area contributed by atoms with E-state index in [1.807, 2.05) is 0 Å². The molecular weight excluding hydrogens is 138 g/mol. The van der Waals surface area contributed by atoms with Crippen molar-refractivity contribution in [2.45, 2.75) is 0 Å². The first-order chi connectivity index (χ1) is 2.64. The molecule has 0 aliphatic heterocycles. The van der Waals surface area contributed by atoms with E-state index < -0.39 is 11.9 Å². The minimum absolute atomic E-state index is 0. The average Bonchev–Trinajstić information content (AvgIpc) is 1.36. The van der Waals surface area contributed by atoms with Gasteiger partial charge in [-0.15, -0.1) is 0 Å². The molecule has 0 heterocycles. The molecule has 42 valence electrons. The molecule has 0 unspecified atom stereocenters. The van der Waals surface area contributed by atoms with E-state index in [1.165, 1.54) is 0 Å². The third-order valence-electron chi connectivity index (χ3n) is 0.183. The second-order valence-electron chi connectivity index (χ2n) is 0.610. The van der Waals surface area contributed by atoms with Gasteiger partial charge < -0.3 is 10.2 Å². The molecule has 0 saturated carbocycles. The van der Waals surface area contributed by atoms with E-state index in [-0.39, 0.29) is 46.9 Å². The van der Waals surface area contributed by atoms with Crippen molar-refractivity contribution < 1.29 is 19.8 Å². The van der Waals surface area contributed by atoms with Crippen LogP contribution in [0.5, 0.6) is 0 Å². The fraction of sp³-hybridized carbons (Fsp3) is 0. The summed E-state index contributed by atoms with van der Waals surface area (Å²) in [6, 6.07) is 0. The van der Waals surface area contributed by atoms with E-state index in [0.29, 0.717) is 0 Å². The first-order valence-corrected chi connectivity index (χ1v) is 1.11. The van der Waals surface area contributed by atoms with Crippen LogP contribution in [0.15, 0.2) is 0 Å². The zero-order valence-corrected chi connectivity index (χ0v) is 2.71. The number of carboxylic acids is 2. The van der Waals surface area contributed by atoms with Gasteiger partial charge >= 0.3 is 41.5 Å². The molecule has 0 rings (SSSR count). The fourth-order valence-electron chi connectivity index (χ4n) is 0. The van der Waals surface area contributed by atoms with Gasteiger partial charge in [0.05, 0.1) is 0 Å². The Balaban J connectivity index is -0.000000125. The van der Waals surface area contributed by atoms with Gasteiger partial charge in [0, 0.05) is 0 Å². The second kappa shape index (κ2) is 7.47. The van der Waals surface area contributed by atoms with Gasteiger partial charge in [-0.2, -0.15) is 0 Å². The van der Waals surface area contributed by atoms with Gasteiger partial charge in [0.25, 0.3) is 0 Å². The molecule has 0 aromatic heterocycles. The van der Waals surface area contributed by atoms with Gasteiger partial charge in [0.15, 0.2) is 17.4 Å². The number of rotatable bonds is 0. The summed E-state index contributed by atoms with van der Waals surface area (Å²) >= 11 is 0. The van der Waals surface area contributed by atoms with Crippen molar-refractivity contribution in [3.8, 4) is 0 Å². The SMILES string of the molecule is O=C(O)C(=O)O.[AlH3].[NaH]. The van der Waals surface area contributed by atoms with Gasteiger partial charge in [-0.25, -0.2) is 9.59 Å². The van der Waals surface area contributed by atoms with Crippen molar-refractivity contribution in [1.29, 1.82) is 0 Å². The van der Waals surface area contributed by atoms with Crippen molar-refractivity contribution in [3.63, 3.8) is 0 Å². The quantitative estimate of drug-likeness (QED) is 0.287. The minimum atomic E-state index is -1.82. The zero-order valence-electron chi connectivity index (χ0n) is 2.71. The molecule has 0 aromatic carbocycles. The van der Waals surface area contributed by atoms with Gasteiger partial charge in [-0.05, 0) is 0 Å². The summed E-state index contributed by atoms with van der Waals surface area (Å²) in [6.07, 6.45) is 0. The molecule has 6 heteroatoms. The van der Waals surface area contributed by atoms with Crippen LogP contribution in [0, 0.1) is 0 Å². The molecule has 0 atom stereocenters. The molecule has 2 N–H and O–H groups in total. The molecule has 0 aliphatic rings. The Kier molecular flexibility index (Phi) is 14.8. The summed E-state index contributed by atoms with van der Waals surface area (Å²) in [5.41, 5.74) is 0. The Labute approximate surface area is 78.3 Å². The number of hydrogen-bond acceptors (Lipinski definition) is 2. The van der Waals surface area contributed by atoms with Crippen LogP contribution in [-0.2, 0) is 9.59 Å². The van der Waals surface area contributed by atoms with Crippen LogP contribution in [-0.4, -0.2) is 69.1 Å². The van der Waals surface area contributed by atoms with E-state index in [2.05, 4.69) is 0 Å². The number of aliphatic carboxylic acids is 2. The standard InChI is InChI=1S/C2H2O4.Al.Na.4H/c3-1(4)2(5)6;;;;;;/h(H,3,4)(H,5,6);;;;;;. The Morgan fingerprint density at radius 2 is 1.12 bits per heavy atom. The van der Waals surface area contributed by atoms with Gasteiger partial charge in [-0.3, -0.25) is 0 Å². The summed E-state index contributed by atoms with van der Waals surface area (Å²) in [6.45, 7) is 0. The summed E-state index contributed by atoms with van der Waals surface area (Å²) < 4.78 is 0. The predicted molar refractivity (Wildman–Crippen MR) is 32.4 cm³/mol. The van der Waals surface area contributed by atoms with Crippen LogP contribution in [0.3, 0.4) is 0 Å². The number of carbonyl (C=O) groups is 2. The van der Waals surface area contributed by atoms with Gasteiger partial charge in [-0.1, -0.05) is 0 Å². The molecule has 0 bridgehead atoms. The number of hydrogen-bond donors (Lipinski definition) is 2. The Hall–Kier alpha value is 0.472. The monoisotopic (exact) mass is 144 g/mol. The van der Waals surface area contributed by atoms with Crippen molar-refractivity contribution in [3.05, 3.63) is 0 Å². The Morgan fingerprint density at radius 1 is 1.00 bits per heavy atom. The van der Waals surface area contributed by atoms with Gasteiger partial charge in [0.1, 0.15) is 0 Å². The van der Waals surface area contributed by atoms with Crippen LogP contribution < -0.4 is 0 Å². The van der Waals surface area contributed by atoms with Crippen molar-refractivity contribution in [1.82, 2.24) is 0 Å². The first kappa shape index (κ1) is 15.8. The maximum absolute atomic E-state index is 9.10. The third-order valence-corrected chi connectivity index (χ3v) is 0.183. The van der Waals surface area contributed by atoms with Crippen molar-refractivity contribution in [2.75, 3.05) is 0 Å². The van der Waals surface area contributed by atoms with Crippen LogP contribution in [0.4, 0.5) is 0 Å². The van der Waals surface area contributed by atoms with Crippen LogP contribution >= 0.6 is 0 Å². The Bertz CT molecular complexity index is 80.0. The first-order valence-electron chi connectivity index (χ1n) is 1.11. The Morgan fingerprint density at radius 3 is 1.12 bits per heavy atom. The van der Waals surface area contributed by atoms with E-state index in [1.54, 1.807) is 0 Å². The van der Waals surface area contributed by atoms with Crippen molar-refractivity contribution >= 4 is 58.9 Å². The summed E-state index contributed by atoms with van der Waals surface area (Å²) in [5.74, 6) is -3.65. The average molecular weight is 144 g/mol. The van der Waals surface area contributed by atoms with Crippen LogP contribution in [0.2, 0.25) is 0 Å². The molecule has 0 radical (unpaired) electrons. The van der Waals surface area contributed by atoms with E-state index in [9.17, 15) is 0 Å². The molecule has 0 aliphatic carbocycles. The normalized spacial score (nSPS) is 5.50. The summed E-state index contributed by atoms with van der Waals surface area (Å²) in [7, 11) is 0. The molecule has 0 spiro atoms. The molecular formula is C2H6AlNaO4. The van der Waals surface area contributed by atoms with Gasteiger partial charge in [0.2, 0.25) is 0 Å². The topological polar surface area (TPSA) is 74.6 Å². The molecule has 4 nitrogen and oxygen atoms in total. The predicted octanol–water partition coefficient (Wildman–Crippen LogP) is -2.68. The van der Waals surface area contributed by atoms with E-state index in [0.717, 1.165) is 0 Å². The van der Waals surface area contributed by atoms with Crippen molar-refractivity contribution in [2.24, 2.45) is 0 Å². The van der Waals surface area contributed by atoms with Crippen LogP contribution in [0.25, 0.3) is 0 Å². The summed E-state index contributed by atoms with van der Waals surface area (Å²) in [5, 5.41) is 14.8.